The molecule has 4 unspecified atom stereocenters. The van der Waals surface area contributed by atoms with Crippen molar-refractivity contribution in [2.24, 2.45) is 29.1 Å². The quantitative estimate of drug-likeness (QED) is 0.635. The minimum atomic E-state index is -0.642. The Morgan fingerprint density at radius 2 is 2.00 bits per heavy atom. The summed E-state index contributed by atoms with van der Waals surface area (Å²) in [4.78, 5) is 13.2. The summed E-state index contributed by atoms with van der Waals surface area (Å²) in [5.74, 6) is 2.02. The molecule has 5 rings (SSSR count). The Morgan fingerprint density at radius 3 is 2.74 bits per heavy atom. The van der Waals surface area contributed by atoms with Gasteiger partial charge in [0.1, 0.15) is 6.10 Å². The summed E-state index contributed by atoms with van der Waals surface area (Å²) in [5.41, 5.74) is 3.37. The highest BCUT2D eigenvalue weighted by Crippen LogP contribution is 2.60. The second-order valence-electron chi connectivity index (χ2n) is 11.2. The van der Waals surface area contributed by atoms with Crippen molar-refractivity contribution in [2.75, 3.05) is 0 Å². The number of fused-ring (bicyclic) bond motifs is 1. The molecule has 0 amide bonds. The van der Waals surface area contributed by atoms with Crippen LogP contribution in [0.4, 0.5) is 0 Å². The van der Waals surface area contributed by atoms with E-state index in [0.29, 0.717) is 36.4 Å². The lowest BCUT2D eigenvalue weighted by molar-refractivity contribution is -0.126. The van der Waals surface area contributed by atoms with Crippen LogP contribution in [-0.4, -0.2) is 40.4 Å². The van der Waals surface area contributed by atoms with Gasteiger partial charge in [-0.2, -0.15) is 0 Å². The van der Waals surface area contributed by atoms with Gasteiger partial charge in [0.15, 0.2) is 5.78 Å². The van der Waals surface area contributed by atoms with Gasteiger partial charge in [-0.15, -0.1) is 0 Å². The maximum absolute atomic E-state index is 13.2. The summed E-state index contributed by atoms with van der Waals surface area (Å²) in [6.07, 6.45) is 12.4. The monoisotopic (exact) mass is 426 g/mol. The third kappa shape index (κ3) is 3.89. The number of ether oxygens (including phenoxy) is 1. The van der Waals surface area contributed by atoms with E-state index in [1.165, 1.54) is 24.8 Å². The molecule has 0 spiro atoms. The molecule has 0 bridgehead atoms. The number of hydrogen-bond donors (Lipinski definition) is 2. The van der Waals surface area contributed by atoms with E-state index in [4.69, 9.17) is 4.74 Å². The first-order valence-corrected chi connectivity index (χ1v) is 12.4. The number of aliphatic hydroxyl groups is 2. The third-order valence-electron chi connectivity index (χ3n) is 9.25. The fourth-order valence-corrected chi connectivity index (χ4v) is 7.16. The predicted molar refractivity (Wildman–Crippen MR) is 120 cm³/mol. The number of carbonyl (C=O) groups excluding carboxylic acids is 1. The molecule has 0 aromatic rings. The molecule has 0 radical (unpaired) electrons. The van der Waals surface area contributed by atoms with E-state index in [1.807, 2.05) is 0 Å². The average Bonchev–Trinajstić information content (AvgIpc) is 3.63. The Labute approximate surface area is 186 Å². The van der Waals surface area contributed by atoms with Crippen LogP contribution < -0.4 is 0 Å². The zero-order chi connectivity index (χ0) is 21.9. The van der Waals surface area contributed by atoms with Crippen molar-refractivity contribution in [3.8, 4) is 0 Å². The van der Waals surface area contributed by atoms with Gasteiger partial charge in [-0.25, -0.2) is 0 Å². The van der Waals surface area contributed by atoms with E-state index in [-0.39, 0.29) is 23.5 Å². The lowest BCUT2D eigenvalue weighted by Crippen LogP contribution is -2.39. The summed E-state index contributed by atoms with van der Waals surface area (Å²) in [6.45, 7) is 8.62. The molecule has 4 saturated carbocycles. The van der Waals surface area contributed by atoms with Gasteiger partial charge in [0.2, 0.25) is 0 Å². The first kappa shape index (κ1) is 21.6. The van der Waals surface area contributed by atoms with Crippen molar-refractivity contribution >= 4 is 5.78 Å². The Morgan fingerprint density at radius 1 is 1.23 bits per heavy atom. The van der Waals surface area contributed by atoms with Gasteiger partial charge in [-0.3, -0.25) is 4.79 Å². The van der Waals surface area contributed by atoms with Crippen LogP contribution in [0.3, 0.4) is 0 Å². The molecule has 1 saturated heterocycles. The summed E-state index contributed by atoms with van der Waals surface area (Å²) < 4.78 is 5.79. The van der Waals surface area contributed by atoms with Gasteiger partial charge in [0.05, 0.1) is 18.3 Å². The van der Waals surface area contributed by atoms with E-state index in [9.17, 15) is 15.0 Å². The van der Waals surface area contributed by atoms with Crippen molar-refractivity contribution in [1.82, 2.24) is 0 Å². The maximum atomic E-state index is 13.2. The summed E-state index contributed by atoms with van der Waals surface area (Å²) in [6, 6.07) is 0. The molecule has 31 heavy (non-hydrogen) atoms. The van der Waals surface area contributed by atoms with Crippen LogP contribution in [0.15, 0.2) is 35.5 Å². The number of allylic oxidation sites excluding steroid dienone is 3. The Kier molecular flexibility index (Phi) is 5.55. The molecule has 0 aromatic carbocycles. The van der Waals surface area contributed by atoms with Crippen molar-refractivity contribution < 1.29 is 19.7 Å². The SMILES string of the molecule is C=C1/C(=C\C=C2/CCC[C@@]3(C)C2CC[C@@H]3C(C)C(=O)C2OC2C2CC2)C[C@@H](O)C[C@@H]1O. The zero-order valence-electron chi connectivity index (χ0n) is 19.1. The standard InChI is InChI=1S/C27H38O4/c1-15-19(13-20(28)14-23(15)29)9-6-17-5-4-12-27(3)21(10-11-22(17)27)16(2)24(30)26-25(31-26)18-7-8-18/h6,9,16,18,20-23,25-26,28-29H,1,4-5,7-8,10-14H2,2-3H3/b17-6+,19-9-/t16?,20-,21-,22?,23+,25?,26?,27-/m1/s1. The molecule has 4 heteroatoms. The molecule has 4 aliphatic carbocycles. The van der Waals surface area contributed by atoms with Gasteiger partial charge < -0.3 is 14.9 Å². The highest BCUT2D eigenvalue weighted by atomic mass is 16.6. The van der Waals surface area contributed by atoms with Gasteiger partial charge in [0, 0.05) is 12.3 Å². The molecule has 1 heterocycles. The Bertz CT molecular complexity index is 821. The molecular formula is C27H38O4. The number of rotatable bonds is 5. The molecule has 8 atom stereocenters. The average molecular weight is 427 g/mol. The molecule has 170 valence electrons. The molecule has 2 N–H and O–H groups in total. The minimum absolute atomic E-state index is 0.0740. The van der Waals surface area contributed by atoms with E-state index in [2.05, 4.69) is 32.6 Å². The lowest BCUT2D eigenvalue weighted by Gasteiger charge is -2.44. The predicted octanol–water partition coefficient (Wildman–Crippen LogP) is 4.51. The minimum Gasteiger partial charge on any atom is -0.393 e. The van der Waals surface area contributed by atoms with Crippen molar-refractivity contribution in [3.05, 3.63) is 35.5 Å². The van der Waals surface area contributed by atoms with Crippen molar-refractivity contribution in [3.63, 3.8) is 0 Å². The second-order valence-corrected chi connectivity index (χ2v) is 11.2. The smallest absolute Gasteiger partial charge is 0.167 e. The fourth-order valence-electron chi connectivity index (χ4n) is 7.16. The molecule has 5 aliphatic rings. The van der Waals surface area contributed by atoms with Crippen LogP contribution in [0.2, 0.25) is 0 Å². The zero-order valence-corrected chi connectivity index (χ0v) is 19.1. The number of aliphatic hydroxyl groups excluding tert-OH is 2. The molecule has 4 nitrogen and oxygen atoms in total. The number of Topliss-reactive ketones (excluding diaryl/α,β-unsaturated/α-hetero) is 1. The van der Waals surface area contributed by atoms with E-state index in [1.54, 1.807) is 0 Å². The summed E-state index contributed by atoms with van der Waals surface area (Å²) in [7, 11) is 0. The third-order valence-corrected chi connectivity index (χ3v) is 9.25. The lowest BCUT2D eigenvalue weighted by atomic mass is 9.60. The largest absolute Gasteiger partial charge is 0.393 e. The van der Waals surface area contributed by atoms with Crippen LogP contribution >= 0.6 is 0 Å². The van der Waals surface area contributed by atoms with Crippen LogP contribution in [0.25, 0.3) is 0 Å². The van der Waals surface area contributed by atoms with Crippen LogP contribution in [0.5, 0.6) is 0 Å². The van der Waals surface area contributed by atoms with Crippen LogP contribution in [0.1, 0.15) is 71.6 Å². The highest BCUT2D eigenvalue weighted by Gasteiger charge is 2.57. The molecular weight excluding hydrogens is 388 g/mol. The number of epoxide rings is 1. The molecule has 5 fully saturated rings. The van der Waals surface area contributed by atoms with Crippen LogP contribution in [0, 0.1) is 29.1 Å². The molecule has 1 aliphatic heterocycles. The Balaban J connectivity index is 1.31. The number of ketones is 1. The second kappa shape index (κ2) is 7.97. The first-order chi connectivity index (χ1) is 14.8. The first-order valence-electron chi connectivity index (χ1n) is 12.4. The number of hydrogen-bond acceptors (Lipinski definition) is 4. The Hall–Kier alpha value is -1.23. The topological polar surface area (TPSA) is 70.1 Å². The number of carbonyl (C=O) groups is 1. The maximum Gasteiger partial charge on any atom is 0.167 e. The van der Waals surface area contributed by atoms with Gasteiger partial charge in [0.25, 0.3) is 0 Å². The summed E-state index contributed by atoms with van der Waals surface area (Å²) in [5, 5.41) is 20.2. The van der Waals surface area contributed by atoms with Crippen molar-refractivity contribution in [1.29, 1.82) is 0 Å². The summed E-state index contributed by atoms with van der Waals surface area (Å²) >= 11 is 0. The van der Waals surface area contributed by atoms with Gasteiger partial charge >= 0.3 is 0 Å². The van der Waals surface area contributed by atoms with Crippen molar-refractivity contribution in [2.45, 2.75) is 96.1 Å². The van der Waals surface area contributed by atoms with Crippen LogP contribution in [-0.2, 0) is 9.53 Å². The van der Waals surface area contributed by atoms with E-state index >= 15 is 0 Å². The fraction of sp³-hybridized carbons (Fsp3) is 0.741. The van der Waals surface area contributed by atoms with E-state index in [0.717, 1.165) is 36.8 Å². The van der Waals surface area contributed by atoms with Gasteiger partial charge in [-0.1, -0.05) is 38.2 Å². The van der Waals surface area contributed by atoms with Gasteiger partial charge in [-0.05, 0) is 85.7 Å². The van der Waals surface area contributed by atoms with E-state index < -0.39 is 12.2 Å². The normalized spacial score (nSPS) is 46.3. The molecule has 0 aromatic heterocycles. The highest BCUT2D eigenvalue weighted by molar-refractivity contribution is 5.88.